The van der Waals surface area contributed by atoms with Gasteiger partial charge in [0.15, 0.2) is 11.0 Å². The third-order valence-corrected chi connectivity index (χ3v) is 5.88. The number of hydrogen-bond acceptors (Lipinski definition) is 5. The summed E-state index contributed by atoms with van der Waals surface area (Å²) in [6.45, 7) is 9.24. The van der Waals surface area contributed by atoms with E-state index in [0.29, 0.717) is 5.75 Å². The minimum Gasteiger partial charge on any atom is -0.490 e. The average Bonchev–Trinajstić information content (AvgIpc) is 3.13. The van der Waals surface area contributed by atoms with Crippen LogP contribution in [-0.4, -0.2) is 38.3 Å². The van der Waals surface area contributed by atoms with Gasteiger partial charge in [-0.2, -0.15) is 0 Å². The molecule has 28 heavy (non-hydrogen) atoms. The molecule has 0 amide bonds. The van der Waals surface area contributed by atoms with E-state index in [9.17, 15) is 5.11 Å². The zero-order valence-corrected chi connectivity index (χ0v) is 17.7. The first-order valence-electron chi connectivity index (χ1n) is 9.50. The molecule has 1 N–H and O–H groups in total. The fourth-order valence-corrected chi connectivity index (χ4v) is 3.93. The molecule has 2 aromatic carbocycles. The number of nitrogens with zero attached hydrogens (tertiary/aromatic N) is 3. The van der Waals surface area contributed by atoms with Crippen molar-refractivity contribution in [2.75, 3.05) is 12.4 Å². The van der Waals surface area contributed by atoms with Crippen molar-refractivity contribution in [3.05, 3.63) is 59.2 Å². The van der Waals surface area contributed by atoms with Gasteiger partial charge < -0.3 is 14.4 Å². The summed E-state index contributed by atoms with van der Waals surface area (Å²) in [6, 6.07) is 14.2. The van der Waals surface area contributed by atoms with E-state index in [2.05, 4.69) is 34.7 Å². The first kappa shape index (κ1) is 20.4. The van der Waals surface area contributed by atoms with Gasteiger partial charge >= 0.3 is 0 Å². The van der Waals surface area contributed by atoms with Crippen molar-refractivity contribution in [1.82, 2.24) is 14.8 Å². The van der Waals surface area contributed by atoms with E-state index in [1.807, 2.05) is 50.2 Å². The number of hydrogen-bond donors (Lipinski definition) is 1. The minimum atomic E-state index is -0.591. The van der Waals surface area contributed by atoms with Crippen LogP contribution in [0.2, 0.25) is 0 Å². The lowest BCUT2D eigenvalue weighted by Gasteiger charge is -2.16. The van der Waals surface area contributed by atoms with Crippen molar-refractivity contribution in [2.24, 2.45) is 0 Å². The number of ether oxygens (including phenoxy) is 1. The number of benzene rings is 2. The van der Waals surface area contributed by atoms with Crippen molar-refractivity contribution < 1.29 is 9.84 Å². The Morgan fingerprint density at radius 1 is 1.04 bits per heavy atom. The molecule has 0 saturated heterocycles. The van der Waals surface area contributed by atoms with Gasteiger partial charge in [-0.1, -0.05) is 54.2 Å². The van der Waals surface area contributed by atoms with Crippen LogP contribution < -0.4 is 4.74 Å². The summed E-state index contributed by atoms with van der Waals surface area (Å²) in [5.41, 5.74) is 4.44. The second kappa shape index (κ2) is 9.26. The van der Waals surface area contributed by atoms with E-state index in [4.69, 9.17) is 4.74 Å². The Morgan fingerprint density at radius 3 is 2.46 bits per heavy atom. The molecule has 0 radical (unpaired) electrons. The topological polar surface area (TPSA) is 60.2 Å². The highest BCUT2D eigenvalue weighted by atomic mass is 32.2. The van der Waals surface area contributed by atoms with Crippen LogP contribution in [0.3, 0.4) is 0 Å². The van der Waals surface area contributed by atoms with Crippen LogP contribution >= 0.6 is 11.8 Å². The molecule has 3 aromatic rings. The highest BCUT2D eigenvalue weighted by Gasteiger charge is 2.16. The quantitative estimate of drug-likeness (QED) is 0.570. The van der Waals surface area contributed by atoms with E-state index in [0.717, 1.165) is 40.0 Å². The molecule has 6 heteroatoms. The Bertz CT molecular complexity index is 925. The Kier molecular flexibility index (Phi) is 6.75. The maximum atomic E-state index is 10.4. The molecule has 148 valence electrons. The minimum absolute atomic E-state index is 0.254. The number of aliphatic hydroxyl groups excluding tert-OH is 1. The first-order valence-corrected chi connectivity index (χ1v) is 10.5. The first-order chi connectivity index (χ1) is 13.5. The number of thioether (sulfide) groups is 1. The van der Waals surface area contributed by atoms with Crippen LogP contribution in [0.25, 0.3) is 11.4 Å². The largest absolute Gasteiger partial charge is 0.490 e. The summed E-state index contributed by atoms with van der Waals surface area (Å²) < 4.78 is 8.00. The lowest BCUT2D eigenvalue weighted by atomic mass is 10.1. The Hall–Kier alpha value is -2.31. The molecule has 5 nitrogen and oxygen atoms in total. The van der Waals surface area contributed by atoms with Crippen molar-refractivity contribution in [3.63, 3.8) is 0 Å². The van der Waals surface area contributed by atoms with Crippen molar-refractivity contribution in [1.29, 1.82) is 0 Å². The van der Waals surface area contributed by atoms with Crippen molar-refractivity contribution in [3.8, 4) is 17.1 Å². The second-order valence-corrected chi connectivity index (χ2v) is 7.83. The molecule has 1 heterocycles. The van der Waals surface area contributed by atoms with Gasteiger partial charge in [0.05, 0.1) is 6.10 Å². The molecule has 0 unspecified atom stereocenters. The van der Waals surface area contributed by atoms with Gasteiger partial charge in [0.25, 0.3) is 0 Å². The predicted molar refractivity (Wildman–Crippen MR) is 114 cm³/mol. The fourth-order valence-electron chi connectivity index (χ4n) is 3.03. The molecule has 0 spiro atoms. The standard InChI is InChI=1S/C22H27N3O2S/c1-5-25-21(18-9-7-6-8-10-18)23-24-22(25)28-14-19(26)13-27-20-16(3)12-11-15(2)17(20)4/h6-12,19,26H,5,13-14H2,1-4H3/t19-/m1/s1. The van der Waals surface area contributed by atoms with Gasteiger partial charge in [-0.3, -0.25) is 0 Å². The molecule has 0 fully saturated rings. The molecule has 0 bridgehead atoms. The van der Waals surface area contributed by atoms with Gasteiger partial charge in [-0.25, -0.2) is 0 Å². The monoisotopic (exact) mass is 397 g/mol. The van der Waals surface area contributed by atoms with Gasteiger partial charge in [0.1, 0.15) is 12.4 Å². The van der Waals surface area contributed by atoms with Gasteiger partial charge in [-0.05, 0) is 44.4 Å². The highest BCUT2D eigenvalue weighted by molar-refractivity contribution is 7.99. The van der Waals surface area contributed by atoms with E-state index in [1.165, 1.54) is 17.3 Å². The Balaban J connectivity index is 1.62. The Labute approximate surface area is 170 Å². The summed E-state index contributed by atoms with van der Waals surface area (Å²) in [5, 5.41) is 19.9. The molecule has 1 atom stereocenters. The SMILES string of the molecule is CCn1c(SC[C@H](O)COc2c(C)ccc(C)c2C)nnc1-c1ccccc1. The lowest BCUT2D eigenvalue weighted by molar-refractivity contribution is 0.125. The van der Waals surface area contributed by atoms with Crippen LogP contribution in [0.15, 0.2) is 47.6 Å². The number of aryl methyl sites for hydroxylation is 2. The molecule has 0 aliphatic rings. The maximum absolute atomic E-state index is 10.4. The van der Waals surface area contributed by atoms with Crippen molar-refractivity contribution in [2.45, 2.75) is 45.5 Å². The lowest BCUT2D eigenvalue weighted by Crippen LogP contribution is -2.21. The molecule has 0 saturated carbocycles. The fraction of sp³-hybridized carbons (Fsp3) is 0.364. The third kappa shape index (κ3) is 4.56. The molecular weight excluding hydrogens is 370 g/mol. The molecule has 0 aliphatic carbocycles. The van der Waals surface area contributed by atoms with Crippen LogP contribution in [0.1, 0.15) is 23.6 Å². The summed E-state index contributed by atoms with van der Waals surface area (Å²) in [4.78, 5) is 0. The maximum Gasteiger partial charge on any atom is 0.191 e. The number of aliphatic hydroxyl groups is 1. The number of rotatable bonds is 8. The molecule has 1 aromatic heterocycles. The molecular formula is C22H27N3O2S. The van der Waals surface area contributed by atoms with Crippen LogP contribution in [0, 0.1) is 20.8 Å². The number of aromatic nitrogens is 3. The van der Waals surface area contributed by atoms with Crippen LogP contribution in [-0.2, 0) is 6.54 Å². The van der Waals surface area contributed by atoms with Gasteiger partial charge in [-0.15, -0.1) is 10.2 Å². The highest BCUT2D eigenvalue weighted by Crippen LogP contribution is 2.27. The smallest absolute Gasteiger partial charge is 0.191 e. The second-order valence-electron chi connectivity index (χ2n) is 6.85. The van der Waals surface area contributed by atoms with Crippen LogP contribution in [0.5, 0.6) is 5.75 Å². The van der Waals surface area contributed by atoms with Gasteiger partial charge in [0, 0.05) is 17.9 Å². The van der Waals surface area contributed by atoms with E-state index >= 15 is 0 Å². The molecule has 0 aliphatic heterocycles. The summed E-state index contributed by atoms with van der Waals surface area (Å²) in [5.74, 6) is 2.21. The zero-order valence-electron chi connectivity index (χ0n) is 16.8. The average molecular weight is 398 g/mol. The summed E-state index contributed by atoms with van der Waals surface area (Å²) >= 11 is 1.50. The third-order valence-electron chi connectivity index (χ3n) is 4.76. The van der Waals surface area contributed by atoms with Crippen LogP contribution in [0.4, 0.5) is 0 Å². The van der Waals surface area contributed by atoms with E-state index in [1.54, 1.807) is 0 Å². The summed E-state index contributed by atoms with van der Waals surface area (Å²) in [6.07, 6.45) is -0.591. The van der Waals surface area contributed by atoms with Gasteiger partial charge in [0.2, 0.25) is 0 Å². The Morgan fingerprint density at radius 2 is 1.75 bits per heavy atom. The zero-order chi connectivity index (χ0) is 20.1. The normalized spacial score (nSPS) is 12.2. The van der Waals surface area contributed by atoms with E-state index in [-0.39, 0.29) is 6.61 Å². The van der Waals surface area contributed by atoms with Crippen molar-refractivity contribution >= 4 is 11.8 Å². The molecule has 3 rings (SSSR count). The predicted octanol–water partition coefficient (Wildman–Crippen LogP) is 4.42. The van der Waals surface area contributed by atoms with E-state index < -0.39 is 6.10 Å². The summed E-state index contributed by atoms with van der Waals surface area (Å²) in [7, 11) is 0.